The number of aromatic nitrogens is 2. The van der Waals surface area contributed by atoms with E-state index in [9.17, 15) is 15.0 Å². The Bertz CT molecular complexity index is 580. The van der Waals surface area contributed by atoms with Gasteiger partial charge in [-0.1, -0.05) is 30.3 Å². The molecule has 0 spiro atoms. The molecule has 1 heterocycles. The molecule has 0 saturated carbocycles. The molecular formula is C14H16N2O4. The minimum Gasteiger partial charge on any atom is -0.464 e. The van der Waals surface area contributed by atoms with E-state index >= 15 is 0 Å². The fraction of sp³-hybridized carbons (Fsp3) is 0.286. The first-order valence-electron chi connectivity index (χ1n) is 6.13. The van der Waals surface area contributed by atoms with Gasteiger partial charge in [0.15, 0.2) is 5.69 Å². The van der Waals surface area contributed by atoms with Crippen LogP contribution >= 0.6 is 0 Å². The fourth-order valence-corrected chi connectivity index (χ4v) is 1.96. The number of benzene rings is 1. The average Bonchev–Trinajstić information content (AvgIpc) is 2.89. The van der Waals surface area contributed by atoms with Crippen LogP contribution in [0.25, 0.3) is 0 Å². The van der Waals surface area contributed by atoms with Crippen LogP contribution in [-0.2, 0) is 17.9 Å². The minimum absolute atomic E-state index is 0.0651. The smallest absolute Gasteiger partial charge is 0.358 e. The third kappa shape index (κ3) is 2.87. The number of hydrogen-bond acceptors (Lipinski definition) is 5. The lowest BCUT2D eigenvalue weighted by atomic mass is 10.1. The van der Waals surface area contributed by atoms with Crippen molar-refractivity contribution in [2.24, 2.45) is 0 Å². The Labute approximate surface area is 116 Å². The predicted octanol–water partition coefficient (Wildman–Crippen LogP) is 0.896. The van der Waals surface area contributed by atoms with E-state index in [0.29, 0.717) is 5.69 Å². The van der Waals surface area contributed by atoms with Crippen molar-refractivity contribution in [2.45, 2.75) is 19.3 Å². The molecule has 20 heavy (non-hydrogen) atoms. The lowest BCUT2D eigenvalue weighted by molar-refractivity contribution is 0.0589. The van der Waals surface area contributed by atoms with Crippen LogP contribution in [0.2, 0.25) is 0 Å². The maximum absolute atomic E-state index is 11.5. The number of hydrogen-bond donors (Lipinski definition) is 2. The number of nitrogens with zero attached hydrogens (tertiary/aromatic N) is 2. The van der Waals surface area contributed by atoms with E-state index in [1.54, 1.807) is 16.7 Å². The minimum atomic E-state index is -0.749. The van der Waals surface area contributed by atoms with E-state index in [2.05, 4.69) is 9.72 Å². The van der Waals surface area contributed by atoms with Gasteiger partial charge in [0.1, 0.15) is 0 Å². The zero-order chi connectivity index (χ0) is 14.5. The Morgan fingerprint density at radius 3 is 2.70 bits per heavy atom. The van der Waals surface area contributed by atoms with Gasteiger partial charge < -0.3 is 19.5 Å². The molecule has 1 aromatic carbocycles. The normalized spacial score (nSPS) is 12.2. The molecule has 1 aromatic heterocycles. The second-order valence-corrected chi connectivity index (χ2v) is 4.27. The summed E-state index contributed by atoms with van der Waals surface area (Å²) in [5.74, 6) is -0.609. The Kier molecular flexibility index (Phi) is 4.49. The molecule has 0 saturated heterocycles. The largest absolute Gasteiger partial charge is 0.464 e. The Balaban J connectivity index is 2.22. The van der Waals surface area contributed by atoms with Crippen LogP contribution in [0.15, 0.2) is 36.7 Å². The van der Waals surface area contributed by atoms with Gasteiger partial charge >= 0.3 is 5.97 Å². The number of carbonyl (C=O) groups is 1. The highest BCUT2D eigenvalue weighted by Gasteiger charge is 2.19. The lowest BCUT2D eigenvalue weighted by Crippen LogP contribution is -2.13. The summed E-state index contributed by atoms with van der Waals surface area (Å²) < 4.78 is 6.14. The zero-order valence-corrected chi connectivity index (χ0v) is 11.1. The first kappa shape index (κ1) is 14.2. The number of imidazole rings is 1. The molecule has 0 amide bonds. The average molecular weight is 276 g/mol. The predicted molar refractivity (Wildman–Crippen MR) is 70.9 cm³/mol. The lowest BCUT2D eigenvalue weighted by Gasteiger charge is -2.13. The molecular weight excluding hydrogens is 260 g/mol. The van der Waals surface area contributed by atoms with Crippen LogP contribution in [0.5, 0.6) is 0 Å². The SMILES string of the molecule is COC(=O)c1ncn(CC(O)c2ccccc2)c1CO. The number of aliphatic hydroxyl groups is 2. The van der Waals surface area contributed by atoms with Crippen LogP contribution in [0.1, 0.15) is 27.8 Å². The Morgan fingerprint density at radius 1 is 1.40 bits per heavy atom. The third-order valence-electron chi connectivity index (χ3n) is 3.03. The molecule has 6 heteroatoms. The molecule has 2 rings (SSSR count). The van der Waals surface area contributed by atoms with E-state index in [4.69, 9.17) is 0 Å². The van der Waals surface area contributed by atoms with Gasteiger partial charge in [0, 0.05) is 0 Å². The number of aliphatic hydroxyl groups excluding tert-OH is 2. The summed E-state index contributed by atoms with van der Waals surface area (Å²) in [5.41, 5.74) is 1.15. The second-order valence-electron chi connectivity index (χ2n) is 4.27. The van der Waals surface area contributed by atoms with Gasteiger partial charge in [0.2, 0.25) is 0 Å². The maximum atomic E-state index is 11.5. The van der Waals surface area contributed by atoms with E-state index in [1.807, 2.05) is 18.2 Å². The Hall–Kier alpha value is -2.18. The zero-order valence-electron chi connectivity index (χ0n) is 11.1. The van der Waals surface area contributed by atoms with Gasteiger partial charge in [0.05, 0.1) is 38.4 Å². The van der Waals surface area contributed by atoms with E-state index in [1.165, 1.54) is 13.4 Å². The number of methoxy groups -OCH3 is 1. The Morgan fingerprint density at radius 2 is 2.10 bits per heavy atom. The summed E-state index contributed by atoms with van der Waals surface area (Å²) in [5, 5.41) is 19.5. The van der Waals surface area contributed by atoms with Crippen LogP contribution < -0.4 is 0 Å². The van der Waals surface area contributed by atoms with Crippen LogP contribution in [-0.4, -0.2) is 32.8 Å². The summed E-state index contributed by atoms with van der Waals surface area (Å²) in [7, 11) is 1.25. The molecule has 0 aliphatic carbocycles. The second kappa shape index (κ2) is 6.31. The van der Waals surface area contributed by atoms with Crippen molar-refractivity contribution < 1.29 is 19.7 Å². The number of rotatable bonds is 5. The number of esters is 1. The number of ether oxygens (including phenoxy) is 1. The van der Waals surface area contributed by atoms with Gasteiger partial charge in [-0.15, -0.1) is 0 Å². The van der Waals surface area contributed by atoms with Crippen LogP contribution in [0.3, 0.4) is 0 Å². The first-order chi connectivity index (χ1) is 9.67. The van der Waals surface area contributed by atoms with Gasteiger partial charge in [-0.2, -0.15) is 0 Å². The highest BCUT2D eigenvalue weighted by atomic mass is 16.5. The van der Waals surface area contributed by atoms with Gasteiger partial charge in [0.25, 0.3) is 0 Å². The molecule has 1 unspecified atom stereocenters. The molecule has 0 radical (unpaired) electrons. The van der Waals surface area contributed by atoms with Gasteiger partial charge in [-0.25, -0.2) is 9.78 Å². The highest BCUT2D eigenvalue weighted by molar-refractivity contribution is 5.88. The monoisotopic (exact) mass is 276 g/mol. The van der Waals surface area contributed by atoms with Crippen molar-refractivity contribution in [1.82, 2.24) is 9.55 Å². The molecule has 0 bridgehead atoms. The molecule has 1 atom stereocenters. The van der Waals surface area contributed by atoms with Crippen molar-refractivity contribution in [1.29, 1.82) is 0 Å². The van der Waals surface area contributed by atoms with Gasteiger partial charge in [-0.05, 0) is 5.56 Å². The summed E-state index contributed by atoms with van der Waals surface area (Å²) in [6.07, 6.45) is 0.658. The summed E-state index contributed by atoms with van der Waals surface area (Å²) >= 11 is 0. The van der Waals surface area contributed by atoms with Crippen molar-refractivity contribution >= 4 is 5.97 Å². The summed E-state index contributed by atoms with van der Waals surface area (Å²) in [6, 6.07) is 9.14. The molecule has 106 valence electrons. The van der Waals surface area contributed by atoms with Gasteiger partial charge in [-0.3, -0.25) is 0 Å². The van der Waals surface area contributed by atoms with Crippen molar-refractivity contribution in [3.8, 4) is 0 Å². The van der Waals surface area contributed by atoms with Crippen LogP contribution in [0.4, 0.5) is 0 Å². The van der Waals surface area contributed by atoms with Crippen LogP contribution in [0, 0.1) is 0 Å². The van der Waals surface area contributed by atoms with E-state index < -0.39 is 12.1 Å². The molecule has 6 nitrogen and oxygen atoms in total. The quantitative estimate of drug-likeness (QED) is 0.792. The number of carbonyl (C=O) groups excluding carboxylic acids is 1. The molecule has 2 N–H and O–H groups in total. The summed E-state index contributed by atoms with van der Waals surface area (Å²) in [6.45, 7) is -0.157. The third-order valence-corrected chi connectivity index (χ3v) is 3.03. The highest BCUT2D eigenvalue weighted by Crippen LogP contribution is 2.17. The van der Waals surface area contributed by atoms with Crippen molar-refractivity contribution in [2.75, 3.05) is 7.11 Å². The fourth-order valence-electron chi connectivity index (χ4n) is 1.96. The topological polar surface area (TPSA) is 84.6 Å². The summed E-state index contributed by atoms with van der Waals surface area (Å²) in [4.78, 5) is 15.4. The maximum Gasteiger partial charge on any atom is 0.358 e. The molecule has 2 aromatic rings. The van der Waals surface area contributed by atoms with E-state index in [-0.39, 0.29) is 18.8 Å². The molecule has 0 fully saturated rings. The standard InChI is InChI=1S/C14H16N2O4/c1-20-14(19)13-11(8-17)16(9-15-13)7-12(18)10-5-3-2-4-6-10/h2-6,9,12,17-18H,7-8H2,1H3. The van der Waals surface area contributed by atoms with E-state index in [0.717, 1.165) is 5.56 Å². The van der Waals surface area contributed by atoms with Crippen molar-refractivity contribution in [3.05, 3.63) is 53.6 Å². The first-order valence-corrected chi connectivity index (χ1v) is 6.13. The molecule has 0 aliphatic heterocycles. The van der Waals surface area contributed by atoms with Crippen molar-refractivity contribution in [3.63, 3.8) is 0 Å². The molecule has 0 aliphatic rings.